The van der Waals surface area contributed by atoms with Crippen molar-refractivity contribution >= 4 is 42.1 Å². The summed E-state index contributed by atoms with van der Waals surface area (Å²) in [4.78, 5) is 19.7. The largest absolute Gasteiger partial charge is 0.336 e. The van der Waals surface area contributed by atoms with Crippen LogP contribution in [0.4, 0.5) is 0 Å². The van der Waals surface area contributed by atoms with Crippen LogP contribution in [0.5, 0.6) is 0 Å². The Kier molecular flexibility index (Phi) is 9.58. The normalized spacial score (nSPS) is 14.2. The number of nitrogens with one attached hydrogen (secondary N) is 1. The van der Waals surface area contributed by atoms with Gasteiger partial charge in [0.2, 0.25) is 0 Å². The first-order valence-electron chi connectivity index (χ1n) is 8.73. The molecule has 1 fully saturated rings. The molecule has 7 heteroatoms. The summed E-state index contributed by atoms with van der Waals surface area (Å²) in [6, 6.07) is 8.26. The van der Waals surface area contributed by atoms with Gasteiger partial charge in [0.05, 0.1) is 0 Å². The topological polar surface area (TPSA) is 45.2 Å². The van der Waals surface area contributed by atoms with E-state index in [9.17, 15) is 4.79 Å². The number of halogens is 2. The maximum absolute atomic E-state index is 13.1. The van der Waals surface area contributed by atoms with Gasteiger partial charge in [0, 0.05) is 34.8 Å². The second-order valence-electron chi connectivity index (χ2n) is 6.35. The summed E-state index contributed by atoms with van der Waals surface area (Å²) < 4.78 is 0. The minimum absolute atomic E-state index is 0. The fourth-order valence-electron chi connectivity index (χ4n) is 3.25. The van der Waals surface area contributed by atoms with Crippen LogP contribution in [-0.2, 0) is 0 Å². The molecule has 144 valence electrons. The van der Waals surface area contributed by atoms with E-state index in [1.807, 2.05) is 36.6 Å². The standard InChI is InChI=1S/C19H25N3OS.2ClH/c1-3-11-22(17-7-9-20-10-8-17)19(23)16-6-4-5-15(12-16)18-21-14(2)13-24-18;;/h4-6,12-13,17,20H,3,7-11H2,1-2H3;2*1H. The molecule has 0 radical (unpaired) electrons. The molecule has 1 N–H and O–H groups in total. The fourth-order valence-corrected chi connectivity index (χ4v) is 4.04. The third-order valence-corrected chi connectivity index (χ3v) is 5.46. The molecule has 0 aliphatic carbocycles. The summed E-state index contributed by atoms with van der Waals surface area (Å²) in [5, 5.41) is 6.40. The molecule has 1 aromatic carbocycles. The molecular formula is C19H27Cl2N3OS. The number of aromatic nitrogens is 1. The van der Waals surface area contributed by atoms with Crippen LogP contribution in [-0.4, -0.2) is 41.5 Å². The Bertz CT molecular complexity index is 702. The lowest BCUT2D eigenvalue weighted by Gasteiger charge is -2.34. The second-order valence-corrected chi connectivity index (χ2v) is 7.21. The van der Waals surface area contributed by atoms with Crippen LogP contribution in [0.1, 0.15) is 42.2 Å². The Labute approximate surface area is 172 Å². The van der Waals surface area contributed by atoms with Gasteiger partial charge in [0.15, 0.2) is 0 Å². The van der Waals surface area contributed by atoms with Crippen LogP contribution in [0.3, 0.4) is 0 Å². The van der Waals surface area contributed by atoms with E-state index in [1.54, 1.807) is 11.3 Å². The van der Waals surface area contributed by atoms with Gasteiger partial charge in [0.1, 0.15) is 5.01 Å². The van der Waals surface area contributed by atoms with Crippen LogP contribution < -0.4 is 5.32 Å². The summed E-state index contributed by atoms with van der Waals surface area (Å²) in [5.41, 5.74) is 2.82. The molecule has 26 heavy (non-hydrogen) atoms. The molecule has 4 nitrogen and oxygen atoms in total. The van der Waals surface area contributed by atoms with Gasteiger partial charge >= 0.3 is 0 Å². The van der Waals surface area contributed by atoms with Gasteiger partial charge < -0.3 is 10.2 Å². The smallest absolute Gasteiger partial charge is 0.254 e. The number of rotatable bonds is 5. The fraction of sp³-hybridized carbons (Fsp3) is 0.474. The average molecular weight is 416 g/mol. The minimum atomic E-state index is 0. The van der Waals surface area contributed by atoms with Gasteiger partial charge in [-0.3, -0.25) is 4.79 Å². The summed E-state index contributed by atoms with van der Waals surface area (Å²) in [6.07, 6.45) is 3.06. The first kappa shape index (κ1) is 22.9. The van der Waals surface area contributed by atoms with Gasteiger partial charge in [0.25, 0.3) is 5.91 Å². The molecule has 2 heterocycles. The van der Waals surface area contributed by atoms with E-state index < -0.39 is 0 Å². The summed E-state index contributed by atoms with van der Waals surface area (Å²) in [5.74, 6) is 0.152. The number of benzene rings is 1. The minimum Gasteiger partial charge on any atom is -0.336 e. The molecule has 2 aromatic rings. The lowest BCUT2D eigenvalue weighted by molar-refractivity contribution is 0.0642. The average Bonchev–Trinajstić information content (AvgIpc) is 3.06. The van der Waals surface area contributed by atoms with Gasteiger partial charge in [-0.2, -0.15) is 0 Å². The molecule has 0 atom stereocenters. The van der Waals surface area contributed by atoms with E-state index in [0.717, 1.165) is 60.7 Å². The molecule has 1 aromatic heterocycles. The van der Waals surface area contributed by atoms with Gasteiger partial charge in [-0.15, -0.1) is 36.2 Å². The maximum Gasteiger partial charge on any atom is 0.254 e. The number of carbonyl (C=O) groups is 1. The van der Waals surface area contributed by atoms with Crippen molar-refractivity contribution in [3.05, 3.63) is 40.9 Å². The molecule has 0 saturated carbocycles. The first-order valence-corrected chi connectivity index (χ1v) is 9.61. The van der Waals surface area contributed by atoms with Crippen molar-refractivity contribution in [3.8, 4) is 10.6 Å². The van der Waals surface area contributed by atoms with E-state index in [-0.39, 0.29) is 30.7 Å². The third kappa shape index (κ3) is 5.43. The molecule has 1 amide bonds. The Balaban J connectivity index is 0.00000169. The number of piperidine rings is 1. The molecule has 0 unspecified atom stereocenters. The number of hydrogen-bond acceptors (Lipinski definition) is 4. The van der Waals surface area contributed by atoms with Crippen LogP contribution in [0, 0.1) is 6.92 Å². The molecule has 0 spiro atoms. The van der Waals surface area contributed by atoms with Crippen molar-refractivity contribution in [1.29, 1.82) is 0 Å². The zero-order chi connectivity index (χ0) is 16.9. The van der Waals surface area contributed by atoms with Crippen molar-refractivity contribution in [3.63, 3.8) is 0 Å². The third-order valence-electron chi connectivity index (χ3n) is 4.45. The zero-order valence-corrected chi connectivity index (χ0v) is 17.7. The lowest BCUT2D eigenvalue weighted by Crippen LogP contribution is -2.46. The van der Waals surface area contributed by atoms with Crippen LogP contribution in [0.15, 0.2) is 29.6 Å². The summed E-state index contributed by atoms with van der Waals surface area (Å²) in [7, 11) is 0. The van der Waals surface area contributed by atoms with Crippen molar-refractivity contribution in [2.75, 3.05) is 19.6 Å². The van der Waals surface area contributed by atoms with E-state index in [4.69, 9.17) is 0 Å². The predicted molar refractivity (Wildman–Crippen MR) is 114 cm³/mol. The maximum atomic E-state index is 13.1. The van der Waals surface area contributed by atoms with Crippen LogP contribution in [0.2, 0.25) is 0 Å². The van der Waals surface area contributed by atoms with Crippen LogP contribution >= 0.6 is 36.2 Å². The molecule has 3 rings (SSSR count). The van der Waals surface area contributed by atoms with Crippen molar-refractivity contribution < 1.29 is 4.79 Å². The highest BCUT2D eigenvalue weighted by atomic mass is 35.5. The summed E-state index contributed by atoms with van der Waals surface area (Å²) in [6.45, 7) is 6.95. The van der Waals surface area contributed by atoms with E-state index in [2.05, 4.69) is 22.1 Å². The number of amides is 1. The number of carbonyl (C=O) groups excluding carboxylic acids is 1. The Morgan fingerprint density at radius 3 is 2.65 bits per heavy atom. The number of thiazole rings is 1. The quantitative estimate of drug-likeness (QED) is 0.777. The van der Waals surface area contributed by atoms with Crippen molar-refractivity contribution in [2.24, 2.45) is 0 Å². The highest BCUT2D eigenvalue weighted by Gasteiger charge is 2.25. The Morgan fingerprint density at radius 1 is 1.31 bits per heavy atom. The first-order chi connectivity index (χ1) is 11.7. The molecule has 1 saturated heterocycles. The summed E-state index contributed by atoms with van der Waals surface area (Å²) >= 11 is 1.63. The highest BCUT2D eigenvalue weighted by molar-refractivity contribution is 7.13. The molecule has 1 aliphatic heterocycles. The van der Waals surface area contributed by atoms with Gasteiger partial charge in [-0.05, 0) is 51.4 Å². The second kappa shape index (κ2) is 10.9. The molecule has 0 bridgehead atoms. The van der Waals surface area contributed by atoms with E-state index >= 15 is 0 Å². The highest BCUT2D eigenvalue weighted by Crippen LogP contribution is 2.25. The number of hydrogen-bond donors (Lipinski definition) is 1. The van der Waals surface area contributed by atoms with Crippen molar-refractivity contribution in [1.82, 2.24) is 15.2 Å². The number of aryl methyl sites for hydroxylation is 1. The molecule has 1 aliphatic rings. The zero-order valence-electron chi connectivity index (χ0n) is 15.2. The van der Waals surface area contributed by atoms with Crippen LogP contribution in [0.25, 0.3) is 10.6 Å². The predicted octanol–water partition coefficient (Wildman–Crippen LogP) is 4.57. The Hall–Kier alpha value is -1.14. The van der Waals surface area contributed by atoms with E-state index in [0.29, 0.717) is 6.04 Å². The van der Waals surface area contributed by atoms with Gasteiger partial charge in [-0.25, -0.2) is 4.98 Å². The monoisotopic (exact) mass is 415 g/mol. The van der Waals surface area contributed by atoms with E-state index in [1.165, 1.54) is 0 Å². The van der Waals surface area contributed by atoms with Crippen molar-refractivity contribution in [2.45, 2.75) is 39.2 Å². The molecular weight excluding hydrogens is 389 g/mol. The van der Waals surface area contributed by atoms with Gasteiger partial charge in [-0.1, -0.05) is 19.1 Å². The lowest BCUT2D eigenvalue weighted by atomic mass is 10.0. The number of nitrogens with zero attached hydrogens (tertiary/aromatic N) is 2. The SMILES string of the molecule is CCCN(C(=O)c1cccc(-c2nc(C)cs2)c1)C1CCNCC1.Cl.Cl. The Morgan fingerprint density at radius 2 is 2.04 bits per heavy atom.